The van der Waals surface area contributed by atoms with Gasteiger partial charge in [-0.15, -0.1) is 0 Å². The lowest BCUT2D eigenvalue weighted by Crippen LogP contribution is -2.48. The lowest BCUT2D eigenvalue weighted by atomic mass is 10.1. The van der Waals surface area contributed by atoms with Crippen LogP contribution < -0.4 is 9.64 Å². The van der Waals surface area contributed by atoms with E-state index in [1.165, 1.54) is 23.9 Å². The Morgan fingerprint density at radius 1 is 0.920 bits per heavy atom. The van der Waals surface area contributed by atoms with Crippen LogP contribution in [-0.2, 0) is 10.0 Å². The molecule has 1 fully saturated rings. The molecule has 1 aliphatic heterocycles. The Morgan fingerprint density at radius 3 is 2.28 bits per heavy atom. The molecule has 6 heteroatoms. The predicted octanol–water partition coefficient (Wildman–Crippen LogP) is 2.82. The van der Waals surface area contributed by atoms with E-state index in [4.69, 9.17) is 4.74 Å². The Balaban J connectivity index is 1.79. The molecule has 134 valence electrons. The molecule has 0 saturated carbocycles. The van der Waals surface area contributed by atoms with Crippen molar-refractivity contribution in [2.24, 2.45) is 0 Å². The molecule has 1 saturated heterocycles. The highest BCUT2D eigenvalue weighted by Gasteiger charge is 2.31. The van der Waals surface area contributed by atoms with Crippen LogP contribution in [0.4, 0.5) is 5.69 Å². The van der Waals surface area contributed by atoms with Crippen LogP contribution in [0.1, 0.15) is 11.1 Å². The van der Waals surface area contributed by atoms with Crippen molar-refractivity contribution in [3.8, 4) is 5.75 Å². The zero-order valence-corrected chi connectivity index (χ0v) is 15.7. The smallest absolute Gasteiger partial charge is 0.246 e. The first-order valence-electron chi connectivity index (χ1n) is 8.39. The second kappa shape index (κ2) is 7.06. The van der Waals surface area contributed by atoms with E-state index in [1.54, 1.807) is 28.6 Å². The Kier molecular flexibility index (Phi) is 5.01. The summed E-state index contributed by atoms with van der Waals surface area (Å²) in [4.78, 5) is 2.49. The van der Waals surface area contributed by atoms with Crippen LogP contribution in [0.5, 0.6) is 5.75 Å². The molecule has 5 nitrogen and oxygen atoms in total. The van der Waals surface area contributed by atoms with Crippen molar-refractivity contribution in [1.29, 1.82) is 0 Å². The second-order valence-corrected chi connectivity index (χ2v) is 8.17. The molecule has 0 spiro atoms. The van der Waals surface area contributed by atoms with Crippen molar-refractivity contribution in [2.45, 2.75) is 18.7 Å². The monoisotopic (exact) mass is 360 g/mol. The number of ether oxygens (including phenoxy) is 1. The average Bonchev–Trinajstić information content (AvgIpc) is 2.64. The van der Waals surface area contributed by atoms with E-state index < -0.39 is 10.0 Å². The molecule has 2 aromatic carbocycles. The molecule has 25 heavy (non-hydrogen) atoms. The van der Waals surface area contributed by atoms with Gasteiger partial charge in [0, 0.05) is 31.9 Å². The molecule has 0 aromatic heterocycles. The van der Waals surface area contributed by atoms with Crippen molar-refractivity contribution in [1.82, 2.24) is 4.31 Å². The van der Waals surface area contributed by atoms with E-state index >= 15 is 0 Å². The molecule has 0 aliphatic carbocycles. The van der Waals surface area contributed by atoms with Gasteiger partial charge in [-0.05, 0) is 43.2 Å². The number of benzene rings is 2. The van der Waals surface area contributed by atoms with Crippen molar-refractivity contribution in [3.63, 3.8) is 0 Å². The highest BCUT2D eigenvalue weighted by molar-refractivity contribution is 7.89. The number of nitrogens with zero attached hydrogens (tertiary/aromatic N) is 2. The summed E-state index contributed by atoms with van der Waals surface area (Å²) in [6.07, 6.45) is 0. The SMILES string of the molecule is COc1ccccc1S(=O)(=O)N1CCN(c2cccc(C)c2C)CC1. The van der Waals surface area contributed by atoms with Gasteiger partial charge in [0.2, 0.25) is 10.0 Å². The topological polar surface area (TPSA) is 49.9 Å². The van der Waals surface area contributed by atoms with Crippen molar-refractivity contribution in [2.75, 3.05) is 38.2 Å². The first-order chi connectivity index (χ1) is 11.9. The summed E-state index contributed by atoms with van der Waals surface area (Å²) < 4.78 is 32.7. The number of hydrogen-bond donors (Lipinski definition) is 0. The summed E-state index contributed by atoms with van der Waals surface area (Å²) in [7, 11) is -2.05. The van der Waals surface area contributed by atoms with Crippen LogP contribution in [0.3, 0.4) is 0 Å². The second-order valence-electron chi connectivity index (χ2n) is 6.26. The number of methoxy groups -OCH3 is 1. The molecular formula is C19H24N2O3S. The van der Waals surface area contributed by atoms with Gasteiger partial charge in [0.1, 0.15) is 10.6 Å². The van der Waals surface area contributed by atoms with E-state index in [-0.39, 0.29) is 4.90 Å². The summed E-state index contributed by atoms with van der Waals surface area (Å²) in [5, 5.41) is 0. The highest BCUT2D eigenvalue weighted by Crippen LogP contribution is 2.29. The molecule has 0 bridgehead atoms. The molecule has 1 aliphatic rings. The maximum atomic E-state index is 13.0. The van der Waals surface area contributed by atoms with Crippen LogP contribution in [0.2, 0.25) is 0 Å². The molecule has 0 N–H and O–H groups in total. The normalized spacial score (nSPS) is 16.0. The van der Waals surface area contributed by atoms with E-state index in [1.807, 2.05) is 0 Å². The van der Waals surface area contributed by atoms with E-state index in [0.29, 0.717) is 31.9 Å². The number of aryl methyl sites for hydroxylation is 1. The Labute approximate surface area is 149 Å². The summed E-state index contributed by atoms with van der Waals surface area (Å²) in [6.45, 7) is 6.50. The first kappa shape index (κ1) is 17.8. The molecule has 3 rings (SSSR count). The number of rotatable bonds is 4. The summed E-state index contributed by atoms with van der Waals surface area (Å²) >= 11 is 0. The molecular weight excluding hydrogens is 336 g/mol. The number of hydrogen-bond acceptors (Lipinski definition) is 4. The van der Waals surface area contributed by atoms with Gasteiger partial charge in [0.25, 0.3) is 0 Å². The molecule has 0 radical (unpaired) electrons. The number of piperazine rings is 1. The van der Waals surface area contributed by atoms with Crippen LogP contribution in [0.25, 0.3) is 0 Å². The van der Waals surface area contributed by atoms with Crippen molar-refractivity contribution >= 4 is 15.7 Å². The van der Waals surface area contributed by atoms with E-state index in [0.717, 1.165) is 0 Å². The molecule has 2 aromatic rings. The zero-order chi connectivity index (χ0) is 18.0. The maximum absolute atomic E-state index is 13.0. The van der Waals surface area contributed by atoms with Crippen molar-refractivity contribution in [3.05, 3.63) is 53.6 Å². The van der Waals surface area contributed by atoms with Crippen LogP contribution in [0.15, 0.2) is 47.4 Å². The molecule has 0 atom stereocenters. The zero-order valence-electron chi connectivity index (χ0n) is 14.9. The minimum Gasteiger partial charge on any atom is -0.495 e. The standard InChI is InChI=1S/C19H24N2O3S/c1-15-7-6-8-17(16(15)2)20-11-13-21(14-12-20)25(22,23)19-10-5-4-9-18(19)24-3/h4-10H,11-14H2,1-3H3. The lowest BCUT2D eigenvalue weighted by molar-refractivity contribution is 0.374. The number of para-hydroxylation sites is 1. The average molecular weight is 360 g/mol. The quantitative estimate of drug-likeness (QED) is 0.841. The van der Waals surface area contributed by atoms with Gasteiger partial charge in [-0.25, -0.2) is 8.42 Å². The third-order valence-corrected chi connectivity index (χ3v) is 6.78. The molecule has 0 unspecified atom stereocenters. The lowest BCUT2D eigenvalue weighted by Gasteiger charge is -2.36. The fourth-order valence-corrected chi connectivity index (χ4v) is 4.80. The number of sulfonamides is 1. The van der Waals surface area contributed by atoms with Crippen molar-refractivity contribution < 1.29 is 13.2 Å². The van der Waals surface area contributed by atoms with E-state index in [9.17, 15) is 8.42 Å². The largest absolute Gasteiger partial charge is 0.495 e. The van der Waals surface area contributed by atoms with Gasteiger partial charge < -0.3 is 9.64 Å². The third kappa shape index (κ3) is 3.37. The molecule has 1 heterocycles. The Bertz CT molecular complexity index is 857. The van der Waals surface area contributed by atoms with E-state index in [2.05, 4.69) is 36.9 Å². The Hall–Kier alpha value is -2.05. The van der Waals surface area contributed by atoms with Gasteiger partial charge in [0.05, 0.1) is 7.11 Å². The Morgan fingerprint density at radius 2 is 1.60 bits per heavy atom. The minimum atomic E-state index is -3.55. The van der Waals surface area contributed by atoms with Gasteiger partial charge in [-0.1, -0.05) is 24.3 Å². The van der Waals surface area contributed by atoms with Crippen LogP contribution in [-0.4, -0.2) is 46.0 Å². The summed E-state index contributed by atoms with van der Waals surface area (Å²) in [5.74, 6) is 0.388. The summed E-state index contributed by atoms with van der Waals surface area (Å²) in [6, 6.07) is 13.0. The fourth-order valence-electron chi connectivity index (χ4n) is 3.22. The fraction of sp³-hybridized carbons (Fsp3) is 0.368. The minimum absolute atomic E-state index is 0.234. The first-order valence-corrected chi connectivity index (χ1v) is 9.83. The van der Waals surface area contributed by atoms with Gasteiger partial charge in [0.15, 0.2) is 0 Å². The third-order valence-electron chi connectivity index (χ3n) is 4.84. The summed E-state index contributed by atoms with van der Waals surface area (Å²) in [5.41, 5.74) is 3.69. The number of anilines is 1. The van der Waals surface area contributed by atoms with Gasteiger partial charge in [-0.3, -0.25) is 0 Å². The van der Waals surface area contributed by atoms with Crippen LogP contribution >= 0.6 is 0 Å². The predicted molar refractivity (Wildman–Crippen MR) is 99.9 cm³/mol. The van der Waals surface area contributed by atoms with Crippen LogP contribution in [0, 0.1) is 13.8 Å². The maximum Gasteiger partial charge on any atom is 0.246 e. The van der Waals surface area contributed by atoms with Gasteiger partial charge in [-0.2, -0.15) is 4.31 Å². The highest BCUT2D eigenvalue weighted by atomic mass is 32.2. The molecule has 0 amide bonds. The van der Waals surface area contributed by atoms with Gasteiger partial charge >= 0.3 is 0 Å².